The molecule has 1 heterocycles. The predicted molar refractivity (Wildman–Crippen MR) is 78.2 cm³/mol. The van der Waals surface area contributed by atoms with Gasteiger partial charge in [0.2, 0.25) is 0 Å². The molecule has 0 aliphatic heterocycles. The van der Waals surface area contributed by atoms with Crippen molar-refractivity contribution in [2.75, 3.05) is 18.0 Å². The van der Waals surface area contributed by atoms with Crippen LogP contribution in [0.2, 0.25) is 5.02 Å². The van der Waals surface area contributed by atoms with Gasteiger partial charge >= 0.3 is 5.97 Å². The molecule has 0 spiro atoms. The quantitative estimate of drug-likeness (QED) is 0.887. The van der Waals surface area contributed by atoms with Crippen LogP contribution in [-0.4, -0.2) is 33.9 Å². The Balaban J connectivity index is 2.09. The first-order valence-electron chi connectivity index (χ1n) is 6.25. The molecule has 0 atom stereocenters. The summed E-state index contributed by atoms with van der Waals surface area (Å²) < 4.78 is 1.79. The molecule has 1 aromatic carbocycles. The van der Waals surface area contributed by atoms with Crippen molar-refractivity contribution >= 4 is 23.3 Å². The number of carboxylic acids is 1. The molecule has 0 radical (unpaired) electrons. The first-order valence-corrected chi connectivity index (χ1v) is 6.63. The van der Waals surface area contributed by atoms with Crippen molar-refractivity contribution in [3.05, 3.63) is 47.2 Å². The van der Waals surface area contributed by atoms with Crippen LogP contribution in [0.15, 0.2) is 36.5 Å². The number of halogens is 1. The number of carbonyl (C=O) groups is 1. The summed E-state index contributed by atoms with van der Waals surface area (Å²) in [5.74, 6) is -0.857. The van der Waals surface area contributed by atoms with Gasteiger partial charge in [-0.25, -0.2) is 0 Å². The van der Waals surface area contributed by atoms with Crippen LogP contribution in [0.25, 0.3) is 0 Å². The Morgan fingerprint density at radius 1 is 1.35 bits per heavy atom. The predicted octanol–water partition coefficient (Wildman–Crippen LogP) is 2.21. The van der Waals surface area contributed by atoms with Gasteiger partial charge in [0.05, 0.1) is 0 Å². The topological polar surface area (TPSA) is 58.4 Å². The standard InChI is InChI=1S/C14H16ClN3O2/c1-17-12(6-8-16-17)7-9-18(10-14(19)20)13-4-2-11(15)3-5-13/h2-6,8H,7,9-10H2,1H3,(H,19,20). The van der Waals surface area contributed by atoms with Gasteiger partial charge in [-0.1, -0.05) is 11.6 Å². The molecular formula is C14H16ClN3O2. The van der Waals surface area contributed by atoms with Gasteiger partial charge in [-0.3, -0.25) is 9.48 Å². The number of aliphatic carboxylic acids is 1. The van der Waals surface area contributed by atoms with Crippen LogP contribution in [0.1, 0.15) is 5.69 Å². The summed E-state index contributed by atoms with van der Waals surface area (Å²) in [6.07, 6.45) is 2.46. The summed E-state index contributed by atoms with van der Waals surface area (Å²) in [5.41, 5.74) is 1.91. The van der Waals surface area contributed by atoms with Crippen LogP contribution in [0.5, 0.6) is 0 Å². The van der Waals surface area contributed by atoms with Crippen LogP contribution in [-0.2, 0) is 18.3 Å². The van der Waals surface area contributed by atoms with Crippen molar-refractivity contribution < 1.29 is 9.90 Å². The molecule has 0 saturated heterocycles. The molecule has 2 aromatic rings. The number of benzene rings is 1. The molecule has 0 unspecified atom stereocenters. The summed E-state index contributed by atoms with van der Waals surface area (Å²) in [6, 6.07) is 9.11. The van der Waals surface area contributed by atoms with Crippen LogP contribution in [0.4, 0.5) is 5.69 Å². The summed E-state index contributed by atoms with van der Waals surface area (Å²) in [4.78, 5) is 12.8. The van der Waals surface area contributed by atoms with Crippen LogP contribution >= 0.6 is 11.6 Å². The van der Waals surface area contributed by atoms with E-state index in [1.165, 1.54) is 0 Å². The molecule has 20 heavy (non-hydrogen) atoms. The van der Waals surface area contributed by atoms with Crippen molar-refractivity contribution in [2.24, 2.45) is 7.05 Å². The number of rotatable bonds is 6. The van der Waals surface area contributed by atoms with E-state index < -0.39 is 5.97 Å². The minimum absolute atomic E-state index is 0.0422. The van der Waals surface area contributed by atoms with Crippen molar-refractivity contribution in [1.82, 2.24) is 9.78 Å². The van der Waals surface area contributed by atoms with Crippen LogP contribution in [0, 0.1) is 0 Å². The molecule has 106 valence electrons. The van der Waals surface area contributed by atoms with Gasteiger partial charge in [0.25, 0.3) is 0 Å². The van der Waals surface area contributed by atoms with E-state index >= 15 is 0 Å². The molecule has 0 fully saturated rings. The summed E-state index contributed by atoms with van der Waals surface area (Å²) >= 11 is 5.85. The van der Waals surface area contributed by atoms with E-state index in [0.717, 1.165) is 17.8 Å². The molecule has 0 saturated carbocycles. The maximum atomic E-state index is 11.0. The first-order chi connectivity index (χ1) is 9.56. The van der Waals surface area contributed by atoms with E-state index in [4.69, 9.17) is 16.7 Å². The van der Waals surface area contributed by atoms with Gasteiger partial charge in [-0.15, -0.1) is 0 Å². The number of anilines is 1. The highest BCUT2D eigenvalue weighted by Crippen LogP contribution is 2.18. The molecule has 1 N–H and O–H groups in total. The van der Waals surface area contributed by atoms with Gasteiger partial charge < -0.3 is 10.0 Å². The highest BCUT2D eigenvalue weighted by Gasteiger charge is 2.11. The Morgan fingerprint density at radius 3 is 2.60 bits per heavy atom. The Kier molecular flexibility index (Phi) is 4.63. The molecule has 2 rings (SSSR count). The molecule has 1 aromatic heterocycles. The molecule has 0 amide bonds. The number of aromatic nitrogens is 2. The number of nitrogens with zero attached hydrogens (tertiary/aromatic N) is 3. The van der Waals surface area contributed by atoms with Crippen LogP contribution < -0.4 is 4.90 Å². The second-order valence-corrected chi connectivity index (χ2v) is 4.92. The third-order valence-electron chi connectivity index (χ3n) is 3.08. The average Bonchev–Trinajstić information content (AvgIpc) is 2.81. The lowest BCUT2D eigenvalue weighted by Crippen LogP contribution is -2.31. The fourth-order valence-corrected chi connectivity index (χ4v) is 2.14. The van der Waals surface area contributed by atoms with Gasteiger partial charge in [0, 0.05) is 42.6 Å². The van der Waals surface area contributed by atoms with Gasteiger partial charge in [0.1, 0.15) is 6.54 Å². The molecular weight excluding hydrogens is 278 g/mol. The Bertz CT molecular complexity index is 580. The van der Waals surface area contributed by atoms with Crippen molar-refractivity contribution in [3.8, 4) is 0 Å². The number of carboxylic acid groups (broad SMARTS) is 1. The lowest BCUT2D eigenvalue weighted by molar-refractivity contribution is -0.135. The Labute approximate surface area is 122 Å². The monoisotopic (exact) mass is 293 g/mol. The lowest BCUT2D eigenvalue weighted by Gasteiger charge is -2.23. The Morgan fingerprint density at radius 2 is 2.05 bits per heavy atom. The molecule has 0 bridgehead atoms. The van der Waals surface area contributed by atoms with Crippen molar-refractivity contribution in [1.29, 1.82) is 0 Å². The SMILES string of the molecule is Cn1nccc1CCN(CC(=O)O)c1ccc(Cl)cc1. The Hall–Kier alpha value is -2.01. The third-order valence-corrected chi connectivity index (χ3v) is 3.33. The average molecular weight is 294 g/mol. The summed E-state index contributed by atoms with van der Waals surface area (Å²) in [6.45, 7) is 0.562. The zero-order valence-electron chi connectivity index (χ0n) is 11.2. The molecule has 0 aliphatic rings. The maximum Gasteiger partial charge on any atom is 0.323 e. The fraction of sp³-hybridized carbons (Fsp3) is 0.286. The third kappa shape index (κ3) is 3.74. The smallest absolute Gasteiger partial charge is 0.323 e. The molecule has 5 nitrogen and oxygen atoms in total. The second-order valence-electron chi connectivity index (χ2n) is 4.49. The van der Waals surface area contributed by atoms with E-state index in [9.17, 15) is 4.79 Å². The fourth-order valence-electron chi connectivity index (χ4n) is 2.01. The number of hydrogen-bond acceptors (Lipinski definition) is 3. The zero-order chi connectivity index (χ0) is 14.5. The normalized spacial score (nSPS) is 10.5. The van der Waals surface area contributed by atoms with Crippen LogP contribution in [0.3, 0.4) is 0 Å². The second kappa shape index (κ2) is 6.43. The number of hydrogen-bond donors (Lipinski definition) is 1. The molecule has 0 aliphatic carbocycles. The minimum atomic E-state index is -0.857. The maximum absolute atomic E-state index is 11.0. The largest absolute Gasteiger partial charge is 0.480 e. The highest BCUT2D eigenvalue weighted by atomic mass is 35.5. The van der Waals surface area contributed by atoms with Gasteiger partial charge in [-0.05, 0) is 30.3 Å². The lowest BCUT2D eigenvalue weighted by atomic mass is 10.2. The summed E-state index contributed by atoms with van der Waals surface area (Å²) in [5, 5.41) is 13.8. The minimum Gasteiger partial charge on any atom is -0.480 e. The van der Waals surface area contributed by atoms with E-state index in [1.807, 2.05) is 30.1 Å². The van der Waals surface area contributed by atoms with Crippen molar-refractivity contribution in [3.63, 3.8) is 0 Å². The van der Waals surface area contributed by atoms with E-state index in [2.05, 4.69) is 5.10 Å². The zero-order valence-corrected chi connectivity index (χ0v) is 11.9. The molecule has 6 heteroatoms. The van der Waals surface area contributed by atoms with Crippen molar-refractivity contribution in [2.45, 2.75) is 6.42 Å². The first kappa shape index (κ1) is 14.4. The van der Waals surface area contributed by atoms with Gasteiger partial charge in [-0.2, -0.15) is 5.10 Å². The number of aryl methyl sites for hydroxylation is 1. The van der Waals surface area contributed by atoms with E-state index in [-0.39, 0.29) is 6.54 Å². The highest BCUT2D eigenvalue weighted by molar-refractivity contribution is 6.30. The van der Waals surface area contributed by atoms with Gasteiger partial charge in [0.15, 0.2) is 0 Å². The van der Waals surface area contributed by atoms with E-state index in [1.54, 1.807) is 23.0 Å². The van der Waals surface area contributed by atoms with E-state index in [0.29, 0.717) is 11.6 Å². The summed E-state index contributed by atoms with van der Waals surface area (Å²) in [7, 11) is 1.87.